The topological polar surface area (TPSA) is 80.1 Å². The van der Waals surface area contributed by atoms with E-state index in [9.17, 15) is 27.2 Å². The highest BCUT2D eigenvalue weighted by Gasteiger charge is 2.42. The van der Waals surface area contributed by atoms with Gasteiger partial charge in [0.25, 0.3) is 11.8 Å². The van der Waals surface area contributed by atoms with E-state index in [1.54, 1.807) is 0 Å². The molecule has 1 N–H and O–H groups in total. The van der Waals surface area contributed by atoms with Crippen molar-refractivity contribution in [1.82, 2.24) is 19.9 Å². The van der Waals surface area contributed by atoms with E-state index in [-0.39, 0.29) is 22.0 Å². The van der Waals surface area contributed by atoms with Crippen LogP contribution in [0.4, 0.5) is 23.2 Å². The summed E-state index contributed by atoms with van der Waals surface area (Å²) in [5, 5.41) is 9.14. The monoisotopic (exact) mass is 455 g/mol. The molecule has 3 rings (SSSR count). The summed E-state index contributed by atoms with van der Waals surface area (Å²) in [6.45, 7) is 0. The van der Waals surface area contributed by atoms with Gasteiger partial charge in [-0.05, 0) is 42.5 Å². The number of anilines is 1. The fourth-order valence-electron chi connectivity index (χ4n) is 2.65. The van der Waals surface area contributed by atoms with Crippen LogP contribution in [0, 0.1) is 5.82 Å². The normalized spacial score (nSPS) is 11.3. The molecule has 0 bridgehead atoms. The zero-order valence-corrected chi connectivity index (χ0v) is 16.8. The predicted octanol–water partition coefficient (Wildman–Crippen LogP) is 4.03. The number of nitrogens with zero attached hydrogens (tertiary/aromatic N) is 4. The van der Waals surface area contributed by atoms with E-state index in [4.69, 9.17) is 11.6 Å². The largest absolute Gasteiger partial charge is 0.435 e. The maximum absolute atomic E-state index is 13.7. The molecule has 162 valence electrons. The van der Waals surface area contributed by atoms with Crippen LogP contribution < -0.4 is 5.32 Å². The van der Waals surface area contributed by atoms with Crippen LogP contribution >= 0.6 is 11.6 Å². The van der Waals surface area contributed by atoms with Crippen molar-refractivity contribution in [2.45, 2.75) is 6.18 Å². The molecule has 0 unspecified atom stereocenters. The maximum Gasteiger partial charge on any atom is 0.435 e. The Kier molecular flexibility index (Phi) is 5.98. The molecule has 2 amide bonds. The third-order valence-electron chi connectivity index (χ3n) is 4.09. The molecule has 1 aromatic heterocycles. The lowest BCUT2D eigenvalue weighted by molar-refractivity contribution is -0.143. The van der Waals surface area contributed by atoms with E-state index < -0.39 is 35.2 Å². The zero-order valence-electron chi connectivity index (χ0n) is 16.0. The molecule has 0 aliphatic heterocycles. The standard InChI is InChI=1S/C19H14ClF4N5O2/c1-28(2)18(31)13-9-11(5-8-14(13)20)25-17(30)15-16(19(22,23)24)29(27-26-15)12-6-3-10(21)4-7-12/h3-9H,1-2H3,(H,25,30). The highest BCUT2D eigenvalue weighted by molar-refractivity contribution is 6.34. The lowest BCUT2D eigenvalue weighted by Gasteiger charge is -2.14. The summed E-state index contributed by atoms with van der Waals surface area (Å²) in [6, 6.07) is 7.93. The molecule has 31 heavy (non-hydrogen) atoms. The highest BCUT2D eigenvalue weighted by Crippen LogP contribution is 2.33. The Labute approximate surface area is 178 Å². The summed E-state index contributed by atoms with van der Waals surface area (Å²) in [4.78, 5) is 26.0. The smallest absolute Gasteiger partial charge is 0.345 e. The Balaban J connectivity index is 1.98. The van der Waals surface area contributed by atoms with Crippen LogP contribution in [0.25, 0.3) is 5.69 Å². The summed E-state index contributed by atoms with van der Waals surface area (Å²) >= 11 is 5.99. The molecule has 1 heterocycles. The minimum absolute atomic E-state index is 0.0315. The van der Waals surface area contributed by atoms with Crippen molar-refractivity contribution in [2.75, 3.05) is 19.4 Å². The van der Waals surface area contributed by atoms with Crippen LogP contribution in [0.3, 0.4) is 0 Å². The van der Waals surface area contributed by atoms with Gasteiger partial charge in [-0.25, -0.2) is 9.07 Å². The second-order valence-electron chi connectivity index (χ2n) is 6.52. The summed E-state index contributed by atoms with van der Waals surface area (Å²) in [5.74, 6) is -2.31. The summed E-state index contributed by atoms with van der Waals surface area (Å²) in [6.07, 6.45) is -4.99. The van der Waals surface area contributed by atoms with Gasteiger partial charge in [0.2, 0.25) is 0 Å². The van der Waals surface area contributed by atoms with Crippen LogP contribution in [0.1, 0.15) is 26.5 Å². The van der Waals surface area contributed by atoms with E-state index >= 15 is 0 Å². The minimum Gasteiger partial charge on any atom is -0.345 e. The third kappa shape index (κ3) is 4.66. The molecule has 0 atom stereocenters. The highest BCUT2D eigenvalue weighted by atomic mass is 35.5. The lowest BCUT2D eigenvalue weighted by Crippen LogP contribution is -2.23. The van der Waals surface area contributed by atoms with Crippen molar-refractivity contribution < 1.29 is 27.2 Å². The van der Waals surface area contributed by atoms with Crippen molar-refractivity contribution >= 4 is 29.1 Å². The van der Waals surface area contributed by atoms with E-state index in [2.05, 4.69) is 15.6 Å². The maximum atomic E-state index is 13.7. The Morgan fingerprint density at radius 3 is 2.32 bits per heavy atom. The number of alkyl halides is 3. The molecule has 12 heteroatoms. The number of amides is 2. The molecule has 0 fully saturated rings. The second-order valence-corrected chi connectivity index (χ2v) is 6.93. The lowest BCUT2D eigenvalue weighted by atomic mass is 10.1. The van der Waals surface area contributed by atoms with E-state index in [0.717, 1.165) is 24.3 Å². The van der Waals surface area contributed by atoms with Gasteiger partial charge >= 0.3 is 6.18 Å². The van der Waals surface area contributed by atoms with Crippen LogP contribution in [-0.4, -0.2) is 45.8 Å². The first kappa shape index (κ1) is 22.2. The fourth-order valence-corrected chi connectivity index (χ4v) is 2.85. The average molecular weight is 456 g/mol. The number of hydrogen-bond donors (Lipinski definition) is 1. The average Bonchev–Trinajstić information content (AvgIpc) is 3.15. The molecule has 0 radical (unpaired) electrons. The minimum atomic E-state index is -4.99. The first-order valence-corrected chi connectivity index (χ1v) is 8.98. The molecular formula is C19H14ClF4N5O2. The first-order chi connectivity index (χ1) is 14.5. The van der Waals surface area contributed by atoms with Crippen molar-refractivity contribution in [2.24, 2.45) is 0 Å². The van der Waals surface area contributed by atoms with Crippen LogP contribution in [0.15, 0.2) is 42.5 Å². The van der Waals surface area contributed by atoms with Gasteiger partial charge in [-0.2, -0.15) is 13.2 Å². The van der Waals surface area contributed by atoms with E-state index in [1.807, 2.05) is 0 Å². The van der Waals surface area contributed by atoms with Gasteiger partial charge < -0.3 is 10.2 Å². The molecule has 0 aliphatic rings. The zero-order chi connectivity index (χ0) is 22.9. The number of nitrogens with one attached hydrogen (secondary N) is 1. The fraction of sp³-hybridized carbons (Fsp3) is 0.158. The van der Waals surface area contributed by atoms with E-state index in [0.29, 0.717) is 4.68 Å². The first-order valence-electron chi connectivity index (χ1n) is 8.60. The van der Waals surface area contributed by atoms with Gasteiger partial charge in [-0.1, -0.05) is 16.8 Å². The summed E-state index contributed by atoms with van der Waals surface area (Å²) in [7, 11) is 2.99. The molecule has 0 saturated carbocycles. The number of rotatable bonds is 4. The quantitative estimate of drug-likeness (QED) is 0.602. The van der Waals surface area contributed by atoms with Gasteiger partial charge in [0.05, 0.1) is 16.3 Å². The molecular weight excluding hydrogens is 442 g/mol. The molecule has 2 aromatic carbocycles. The number of halogens is 5. The van der Waals surface area contributed by atoms with Gasteiger partial charge in [-0.15, -0.1) is 5.10 Å². The molecule has 0 saturated heterocycles. The van der Waals surface area contributed by atoms with Crippen LogP contribution in [0.5, 0.6) is 0 Å². The Bertz CT molecular complexity index is 1140. The van der Waals surface area contributed by atoms with Gasteiger partial charge in [0, 0.05) is 19.8 Å². The number of hydrogen-bond acceptors (Lipinski definition) is 4. The second kappa shape index (κ2) is 8.34. The summed E-state index contributed by atoms with van der Waals surface area (Å²) < 4.78 is 54.6. The molecule has 0 spiro atoms. The van der Waals surface area contributed by atoms with Crippen LogP contribution in [0.2, 0.25) is 5.02 Å². The van der Waals surface area contributed by atoms with Gasteiger partial charge in [0.1, 0.15) is 5.82 Å². The van der Waals surface area contributed by atoms with Crippen LogP contribution in [-0.2, 0) is 6.18 Å². The Morgan fingerprint density at radius 2 is 1.74 bits per heavy atom. The Morgan fingerprint density at radius 1 is 1.10 bits per heavy atom. The number of aromatic nitrogens is 3. The van der Waals surface area contributed by atoms with Gasteiger partial charge in [0.15, 0.2) is 11.4 Å². The van der Waals surface area contributed by atoms with Crippen molar-refractivity contribution in [3.05, 3.63) is 70.3 Å². The van der Waals surface area contributed by atoms with Crippen molar-refractivity contribution in [3.8, 4) is 5.69 Å². The third-order valence-corrected chi connectivity index (χ3v) is 4.42. The number of benzene rings is 2. The molecule has 3 aromatic rings. The summed E-state index contributed by atoms with van der Waals surface area (Å²) in [5.41, 5.74) is -2.48. The van der Waals surface area contributed by atoms with Crippen molar-refractivity contribution in [3.63, 3.8) is 0 Å². The number of carbonyl (C=O) groups is 2. The van der Waals surface area contributed by atoms with Gasteiger partial charge in [-0.3, -0.25) is 9.59 Å². The number of carbonyl (C=O) groups excluding carboxylic acids is 2. The Hall–Kier alpha value is -3.47. The molecule has 7 nitrogen and oxygen atoms in total. The van der Waals surface area contributed by atoms with Crippen molar-refractivity contribution in [1.29, 1.82) is 0 Å². The predicted molar refractivity (Wildman–Crippen MR) is 104 cm³/mol. The van der Waals surface area contributed by atoms with E-state index in [1.165, 1.54) is 37.2 Å². The SMILES string of the molecule is CN(C)C(=O)c1cc(NC(=O)c2nnn(-c3ccc(F)cc3)c2C(F)(F)F)ccc1Cl. The molecule has 0 aliphatic carbocycles.